The average molecular weight is 640 g/mol. The maximum Gasteiger partial charge on any atom is 0.127 e. The summed E-state index contributed by atoms with van der Waals surface area (Å²) in [4.78, 5) is 0. The third kappa shape index (κ3) is 7.90. The van der Waals surface area contributed by atoms with Gasteiger partial charge >= 0.3 is 0 Å². The van der Waals surface area contributed by atoms with Crippen molar-refractivity contribution in [1.82, 2.24) is 4.72 Å². The molecule has 3 nitrogen and oxygen atoms in total. The van der Waals surface area contributed by atoms with E-state index in [0.717, 1.165) is 11.3 Å². The van der Waals surface area contributed by atoms with Crippen LogP contribution in [0.15, 0.2) is 91.0 Å². The van der Waals surface area contributed by atoms with E-state index in [2.05, 4.69) is 116 Å². The van der Waals surface area contributed by atoms with Crippen molar-refractivity contribution in [1.29, 1.82) is 0 Å². The Kier molecular flexibility index (Phi) is 10.8. The van der Waals surface area contributed by atoms with Gasteiger partial charge in [-0.25, -0.2) is 8.93 Å². The monoisotopic (exact) mass is 639 g/mol. The molecule has 1 N–H and O–H groups in total. The lowest BCUT2D eigenvalue weighted by Crippen LogP contribution is -2.38. The molecule has 0 spiro atoms. The van der Waals surface area contributed by atoms with Crippen molar-refractivity contribution in [2.75, 3.05) is 0 Å². The molecule has 0 radical (unpaired) electrons. The first-order chi connectivity index (χ1) is 21.9. The molecule has 0 amide bonds. The Hall–Kier alpha value is -2.52. The number of hydrogen-bond donors (Lipinski definition) is 1. The van der Waals surface area contributed by atoms with Crippen LogP contribution in [-0.2, 0) is 17.6 Å². The summed E-state index contributed by atoms with van der Waals surface area (Å²) in [6.07, 6.45) is 13.3. The molecule has 2 atom stereocenters. The number of nitrogens with one attached hydrogen (secondary N) is 1. The second-order valence-corrected chi connectivity index (χ2v) is 18.7. The highest BCUT2D eigenvalue weighted by Gasteiger charge is 2.37. The van der Waals surface area contributed by atoms with E-state index in [4.69, 9.17) is 4.74 Å². The third-order valence-electron chi connectivity index (χ3n) is 9.66. The molecule has 4 aromatic carbocycles. The number of ether oxygens (including phenoxy) is 1. The van der Waals surface area contributed by atoms with Crippen LogP contribution in [0.3, 0.4) is 0 Å². The molecule has 4 aromatic rings. The first-order valence-corrected chi connectivity index (χ1v) is 19.8. The molecule has 0 unspecified atom stereocenters. The standard InChI is InChI=1S/C40H50NO2PS/c1-40(2,3)45(42)41-38(33-27-26-31-18-13-14-19-32(31)28-33)36-24-15-25-37(43-29-30-16-7-4-8-17-30)39(36)44(34-20-9-5-10-21-34)35-22-11-6-12-23-35/h4,7-8,13-19,24-28,34-35,38,41H,5-6,9-12,20-23,29H2,1-3H3/t38-,45+/m0/s1. The van der Waals surface area contributed by atoms with Crippen LogP contribution in [0, 0.1) is 0 Å². The summed E-state index contributed by atoms with van der Waals surface area (Å²) in [5, 5.41) is 3.87. The zero-order chi connectivity index (χ0) is 31.2. The van der Waals surface area contributed by atoms with Gasteiger partial charge in [0, 0.05) is 5.30 Å². The molecule has 2 saturated carbocycles. The first-order valence-electron chi connectivity index (χ1n) is 17.1. The maximum absolute atomic E-state index is 13.9. The summed E-state index contributed by atoms with van der Waals surface area (Å²) in [5.41, 5.74) is 5.03. The van der Waals surface area contributed by atoms with Gasteiger partial charge in [-0.05, 0) is 97.4 Å². The van der Waals surface area contributed by atoms with Crippen molar-refractivity contribution in [3.63, 3.8) is 0 Å². The first kappa shape index (κ1) is 32.4. The molecule has 0 heterocycles. The summed E-state index contributed by atoms with van der Waals surface area (Å²) in [6.45, 7) is 6.73. The Morgan fingerprint density at radius 1 is 0.756 bits per heavy atom. The molecule has 0 aliphatic heterocycles. The fraction of sp³-hybridized carbons (Fsp3) is 0.450. The zero-order valence-corrected chi connectivity index (χ0v) is 29.1. The molecular formula is C40H50NO2PS. The second-order valence-electron chi connectivity index (χ2n) is 14.0. The second kappa shape index (κ2) is 14.9. The van der Waals surface area contributed by atoms with Crippen molar-refractivity contribution in [2.24, 2.45) is 0 Å². The Labute approximate surface area is 274 Å². The van der Waals surface area contributed by atoms with E-state index in [-0.39, 0.29) is 6.04 Å². The molecule has 238 valence electrons. The minimum absolute atomic E-state index is 0.206. The van der Waals surface area contributed by atoms with Gasteiger partial charge in [0.1, 0.15) is 12.4 Å². The van der Waals surface area contributed by atoms with Crippen LogP contribution in [0.2, 0.25) is 0 Å². The molecule has 0 bridgehead atoms. The van der Waals surface area contributed by atoms with Crippen LogP contribution >= 0.6 is 7.92 Å². The highest BCUT2D eigenvalue weighted by atomic mass is 32.2. The van der Waals surface area contributed by atoms with Gasteiger partial charge in [0.2, 0.25) is 0 Å². The predicted molar refractivity (Wildman–Crippen MR) is 194 cm³/mol. The van der Waals surface area contributed by atoms with Crippen molar-refractivity contribution in [2.45, 2.75) is 114 Å². The lowest BCUT2D eigenvalue weighted by Gasteiger charge is -2.41. The van der Waals surface area contributed by atoms with Gasteiger partial charge in [-0.2, -0.15) is 0 Å². The number of hydrogen-bond acceptors (Lipinski definition) is 2. The molecular weight excluding hydrogens is 589 g/mol. The highest BCUT2D eigenvalue weighted by molar-refractivity contribution is 7.84. The van der Waals surface area contributed by atoms with Crippen molar-refractivity contribution in [3.05, 3.63) is 108 Å². The lowest BCUT2D eigenvalue weighted by atomic mass is 9.96. The van der Waals surface area contributed by atoms with Gasteiger partial charge in [0.15, 0.2) is 0 Å². The zero-order valence-electron chi connectivity index (χ0n) is 27.3. The summed E-state index contributed by atoms with van der Waals surface area (Å²) in [6, 6.07) is 32.4. The summed E-state index contributed by atoms with van der Waals surface area (Å²) < 4.78 is 24.1. The molecule has 2 aliphatic carbocycles. The van der Waals surface area contributed by atoms with Crippen LogP contribution < -0.4 is 14.8 Å². The van der Waals surface area contributed by atoms with Gasteiger partial charge < -0.3 is 4.74 Å². The smallest absolute Gasteiger partial charge is 0.127 e. The molecule has 2 fully saturated rings. The molecule has 0 aromatic heterocycles. The van der Waals surface area contributed by atoms with E-state index >= 15 is 0 Å². The lowest BCUT2D eigenvalue weighted by molar-refractivity contribution is 0.308. The Morgan fingerprint density at radius 3 is 2.02 bits per heavy atom. The van der Waals surface area contributed by atoms with E-state index in [1.165, 1.54) is 91.4 Å². The SMILES string of the molecule is CC(C)(C)[S@@](=O)N[C@@H](c1ccc2ccccc2c1)c1cccc(OCc2ccccc2)c1P(C1CCCCC1)C1CCCCC1. The molecule has 6 rings (SSSR count). The van der Waals surface area contributed by atoms with E-state index in [1.807, 2.05) is 0 Å². The minimum atomic E-state index is -1.26. The Morgan fingerprint density at radius 2 is 1.38 bits per heavy atom. The molecule has 45 heavy (non-hydrogen) atoms. The van der Waals surface area contributed by atoms with Crippen molar-refractivity contribution < 1.29 is 8.95 Å². The minimum Gasteiger partial charge on any atom is -0.488 e. The Balaban J connectivity index is 1.53. The fourth-order valence-corrected chi connectivity index (χ4v) is 12.2. The van der Waals surface area contributed by atoms with Gasteiger partial charge in [-0.1, -0.05) is 125 Å². The summed E-state index contributed by atoms with van der Waals surface area (Å²) >= 11 is 0. The largest absolute Gasteiger partial charge is 0.488 e. The average Bonchev–Trinajstić information content (AvgIpc) is 3.07. The van der Waals surface area contributed by atoms with E-state index < -0.39 is 23.7 Å². The van der Waals surface area contributed by atoms with Crippen molar-refractivity contribution in [3.8, 4) is 5.75 Å². The number of rotatable bonds is 10. The van der Waals surface area contributed by atoms with Crippen LogP contribution in [0.1, 0.15) is 108 Å². The topological polar surface area (TPSA) is 38.3 Å². The third-order valence-corrected chi connectivity index (χ3v) is 14.8. The Bertz CT molecular complexity index is 1550. The van der Waals surface area contributed by atoms with Gasteiger partial charge in [-0.3, -0.25) is 0 Å². The molecule has 2 aliphatic rings. The quantitative estimate of drug-likeness (QED) is 0.175. The van der Waals surface area contributed by atoms with E-state index in [1.54, 1.807) is 0 Å². The number of fused-ring (bicyclic) bond motifs is 1. The van der Waals surface area contributed by atoms with Crippen molar-refractivity contribution >= 4 is 35.0 Å². The molecule has 5 heteroatoms. The van der Waals surface area contributed by atoms with E-state index in [9.17, 15) is 4.21 Å². The normalized spacial score (nSPS) is 18.2. The van der Waals surface area contributed by atoms with Crippen LogP contribution in [0.25, 0.3) is 10.8 Å². The maximum atomic E-state index is 13.9. The van der Waals surface area contributed by atoms with Crippen LogP contribution in [-0.4, -0.2) is 20.3 Å². The highest BCUT2D eigenvalue weighted by Crippen LogP contribution is 2.57. The number of benzene rings is 4. The van der Waals surface area contributed by atoms with E-state index in [0.29, 0.717) is 17.9 Å². The predicted octanol–water partition coefficient (Wildman–Crippen LogP) is 10.3. The van der Waals surface area contributed by atoms with Crippen LogP contribution in [0.5, 0.6) is 5.75 Å². The summed E-state index contributed by atoms with van der Waals surface area (Å²) in [7, 11) is -1.75. The van der Waals surface area contributed by atoms with Gasteiger partial charge in [0.25, 0.3) is 0 Å². The summed E-state index contributed by atoms with van der Waals surface area (Å²) in [5.74, 6) is 1.03. The fourth-order valence-electron chi connectivity index (χ4n) is 7.26. The van der Waals surface area contributed by atoms with Gasteiger partial charge in [0.05, 0.1) is 21.8 Å². The molecule has 0 saturated heterocycles. The van der Waals surface area contributed by atoms with Gasteiger partial charge in [-0.15, -0.1) is 0 Å². The van der Waals surface area contributed by atoms with Crippen LogP contribution in [0.4, 0.5) is 0 Å².